The Morgan fingerprint density at radius 1 is 0.750 bits per heavy atom. The van der Waals surface area contributed by atoms with E-state index in [1.165, 1.54) is 0 Å². The predicted molar refractivity (Wildman–Crippen MR) is 66.2 cm³/mol. The molecule has 0 spiro atoms. The number of hydrazine groups is 1. The summed E-state index contributed by atoms with van der Waals surface area (Å²) in [6.07, 6.45) is -0.775. The molecule has 20 heavy (non-hydrogen) atoms. The van der Waals surface area contributed by atoms with Gasteiger partial charge in [0.2, 0.25) is 0 Å². The molecule has 6 heteroatoms. The third-order valence-electron chi connectivity index (χ3n) is 6.40. The molecule has 2 aliphatic heterocycles. The molecule has 4 saturated carbocycles. The smallest absolute Gasteiger partial charge is 0.429 e. The Morgan fingerprint density at radius 3 is 1.40 bits per heavy atom. The van der Waals surface area contributed by atoms with Crippen molar-refractivity contribution >= 4 is 12.2 Å². The number of nitrogens with zero attached hydrogens (tertiary/aromatic N) is 2. The van der Waals surface area contributed by atoms with Crippen LogP contribution in [0, 0.1) is 35.5 Å². The van der Waals surface area contributed by atoms with Gasteiger partial charge in [0, 0.05) is 0 Å². The molecule has 4 aliphatic carbocycles. The maximum atomic E-state index is 12.3. The SMILES string of the molecule is CCOC(=O)N1C2[C@H]3C4C5[C@H]3C([C@H]5[C@H]42)N1C(=O)OCC. The van der Waals surface area contributed by atoms with Gasteiger partial charge in [0.25, 0.3) is 0 Å². The maximum Gasteiger partial charge on any atom is 0.429 e. The number of carbonyl (C=O) groups excluding carboxylic acids is 2. The number of fused-ring (bicyclic) bond motifs is 1. The fourth-order valence-corrected chi connectivity index (χ4v) is 6.06. The van der Waals surface area contributed by atoms with E-state index in [0.717, 1.165) is 11.8 Å². The van der Waals surface area contributed by atoms with Gasteiger partial charge < -0.3 is 9.47 Å². The first-order chi connectivity index (χ1) is 9.72. The zero-order valence-electron chi connectivity index (χ0n) is 11.6. The standard InChI is InChI=1S/C14H18N2O4/c1-3-19-13(17)15-11-7-5-6-9(7)12(10(6)8(5)11)16(15)14(18)20-4-2/h5-12H,3-4H2,1-2H3/t5?,6?,7-,8-,9+,10+,11?,12?. The van der Waals surface area contributed by atoms with E-state index in [9.17, 15) is 9.59 Å². The summed E-state index contributed by atoms with van der Waals surface area (Å²) in [5.41, 5.74) is 0. The number of amides is 2. The molecule has 108 valence electrons. The van der Waals surface area contributed by atoms with Gasteiger partial charge in [-0.05, 0) is 49.4 Å². The van der Waals surface area contributed by atoms with Crippen LogP contribution >= 0.6 is 0 Å². The number of hydrogen-bond acceptors (Lipinski definition) is 4. The van der Waals surface area contributed by atoms with Gasteiger partial charge in [0.15, 0.2) is 0 Å². The lowest BCUT2D eigenvalue weighted by Gasteiger charge is -2.94. The number of ether oxygens (including phenoxy) is 2. The Morgan fingerprint density at radius 2 is 1.10 bits per heavy atom. The molecular weight excluding hydrogens is 260 g/mol. The van der Waals surface area contributed by atoms with Crippen LogP contribution in [0.15, 0.2) is 0 Å². The normalized spacial score (nSPS) is 51.1. The molecule has 6 aliphatic rings. The van der Waals surface area contributed by atoms with Crippen molar-refractivity contribution < 1.29 is 19.1 Å². The minimum Gasteiger partial charge on any atom is -0.448 e. The lowest BCUT2D eigenvalue weighted by Crippen LogP contribution is -3.00. The Bertz CT molecular complexity index is 457. The van der Waals surface area contributed by atoms with E-state index in [2.05, 4.69) is 0 Å². The van der Waals surface area contributed by atoms with Crippen LogP contribution in [0.3, 0.4) is 0 Å². The van der Waals surface area contributed by atoms with Gasteiger partial charge >= 0.3 is 12.2 Å². The Kier molecular flexibility index (Phi) is 1.81. The van der Waals surface area contributed by atoms with Gasteiger partial charge in [-0.2, -0.15) is 0 Å². The first-order valence-electron chi connectivity index (χ1n) is 7.64. The lowest BCUT2D eigenvalue weighted by molar-refractivity contribution is -0.482. The van der Waals surface area contributed by atoms with Crippen molar-refractivity contribution in [1.82, 2.24) is 10.0 Å². The van der Waals surface area contributed by atoms with Crippen molar-refractivity contribution in [2.24, 2.45) is 35.5 Å². The van der Waals surface area contributed by atoms with Crippen LogP contribution in [0.1, 0.15) is 13.8 Å². The highest BCUT2D eigenvalue weighted by Crippen LogP contribution is 2.87. The molecule has 2 bridgehead atoms. The highest BCUT2D eigenvalue weighted by Gasteiger charge is 2.92. The van der Waals surface area contributed by atoms with Gasteiger partial charge in [0.05, 0.1) is 25.3 Å². The van der Waals surface area contributed by atoms with E-state index in [1.807, 2.05) is 0 Å². The summed E-state index contributed by atoms with van der Waals surface area (Å²) in [4.78, 5) is 24.5. The lowest BCUT2D eigenvalue weighted by atomic mass is 9.16. The fourth-order valence-electron chi connectivity index (χ4n) is 6.06. The molecule has 2 amide bonds. The molecule has 4 atom stereocenters. The summed E-state index contributed by atoms with van der Waals surface area (Å²) < 4.78 is 10.3. The first-order valence-corrected chi connectivity index (χ1v) is 7.64. The molecule has 6 nitrogen and oxygen atoms in total. The molecule has 0 radical (unpaired) electrons. The van der Waals surface area contributed by atoms with E-state index >= 15 is 0 Å². The number of carbonyl (C=O) groups is 2. The topological polar surface area (TPSA) is 59.1 Å². The van der Waals surface area contributed by atoms with Gasteiger partial charge in [0.1, 0.15) is 0 Å². The molecule has 0 N–H and O–H groups in total. The van der Waals surface area contributed by atoms with Crippen LogP contribution in [-0.4, -0.2) is 47.5 Å². The Hall–Kier alpha value is -1.46. The van der Waals surface area contributed by atoms with Crippen molar-refractivity contribution in [3.63, 3.8) is 0 Å². The minimum atomic E-state index is -0.388. The second kappa shape index (κ2) is 3.23. The van der Waals surface area contributed by atoms with Crippen molar-refractivity contribution in [2.75, 3.05) is 13.2 Å². The largest absolute Gasteiger partial charge is 0.448 e. The monoisotopic (exact) mass is 278 g/mol. The van der Waals surface area contributed by atoms with Crippen molar-refractivity contribution in [3.05, 3.63) is 0 Å². The van der Waals surface area contributed by atoms with E-state index in [1.54, 1.807) is 23.9 Å². The molecule has 0 unspecified atom stereocenters. The molecule has 2 heterocycles. The minimum absolute atomic E-state index is 0.188. The Labute approximate surface area is 116 Å². The second-order valence-corrected chi connectivity index (χ2v) is 6.53. The van der Waals surface area contributed by atoms with Crippen molar-refractivity contribution in [1.29, 1.82) is 0 Å². The summed E-state index contributed by atoms with van der Waals surface area (Å²) >= 11 is 0. The fraction of sp³-hybridized carbons (Fsp3) is 0.857. The third kappa shape index (κ3) is 0.850. The molecule has 6 rings (SSSR count). The summed E-state index contributed by atoms with van der Waals surface area (Å²) in [5, 5.41) is 3.17. The van der Waals surface area contributed by atoms with Gasteiger partial charge in [-0.25, -0.2) is 19.6 Å². The van der Waals surface area contributed by atoms with Gasteiger partial charge in [-0.15, -0.1) is 0 Å². The van der Waals surface area contributed by atoms with E-state index in [4.69, 9.17) is 9.47 Å². The summed E-state index contributed by atoms with van der Waals surface area (Å²) in [7, 11) is 0. The molecule has 0 aromatic rings. The maximum absolute atomic E-state index is 12.3. The van der Waals surface area contributed by atoms with E-state index in [-0.39, 0.29) is 24.3 Å². The molecule has 2 saturated heterocycles. The third-order valence-corrected chi connectivity index (χ3v) is 6.40. The van der Waals surface area contributed by atoms with Crippen LogP contribution in [0.5, 0.6) is 0 Å². The van der Waals surface area contributed by atoms with Crippen LogP contribution in [-0.2, 0) is 9.47 Å². The van der Waals surface area contributed by atoms with Crippen LogP contribution in [0.25, 0.3) is 0 Å². The number of rotatable bonds is 2. The summed E-state index contributed by atoms with van der Waals surface area (Å²) in [6, 6.07) is 0.377. The second-order valence-electron chi connectivity index (χ2n) is 6.53. The highest BCUT2D eigenvalue weighted by molar-refractivity contribution is 5.77. The molecular formula is C14H18N2O4. The van der Waals surface area contributed by atoms with Crippen LogP contribution < -0.4 is 0 Å². The van der Waals surface area contributed by atoms with Crippen molar-refractivity contribution in [2.45, 2.75) is 25.9 Å². The molecule has 0 aromatic carbocycles. The molecule has 0 aromatic heterocycles. The first kappa shape index (κ1) is 11.2. The average molecular weight is 278 g/mol. The average Bonchev–Trinajstić information content (AvgIpc) is 2.38. The predicted octanol–water partition coefficient (Wildman–Crippen LogP) is 1.32. The van der Waals surface area contributed by atoms with Crippen LogP contribution in [0.4, 0.5) is 9.59 Å². The quantitative estimate of drug-likeness (QED) is 0.764. The van der Waals surface area contributed by atoms with Gasteiger partial charge in [-0.3, -0.25) is 0 Å². The van der Waals surface area contributed by atoms with E-state index in [0.29, 0.717) is 36.9 Å². The molecule has 6 fully saturated rings. The van der Waals surface area contributed by atoms with Crippen molar-refractivity contribution in [3.8, 4) is 0 Å². The van der Waals surface area contributed by atoms with E-state index < -0.39 is 0 Å². The summed E-state index contributed by atoms with van der Waals surface area (Å²) in [5.74, 6) is 4.16. The highest BCUT2D eigenvalue weighted by atomic mass is 16.6. The Balaban J connectivity index is 1.48. The zero-order valence-corrected chi connectivity index (χ0v) is 11.6. The van der Waals surface area contributed by atoms with Gasteiger partial charge in [-0.1, -0.05) is 0 Å². The number of hydrogen-bond donors (Lipinski definition) is 0. The summed E-state index contributed by atoms with van der Waals surface area (Å²) in [6.45, 7) is 4.24. The van der Waals surface area contributed by atoms with Crippen LogP contribution in [0.2, 0.25) is 0 Å². The zero-order chi connectivity index (χ0) is 13.8.